The van der Waals surface area contributed by atoms with E-state index in [2.05, 4.69) is 63.2 Å². The lowest BCUT2D eigenvalue weighted by Gasteiger charge is -2.12. The number of rotatable bonds is 6. The molecule has 0 radical (unpaired) electrons. The number of guanidine groups is 1. The zero-order valence-electron chi connectivity index (χ0n) is 16.1. The van der Waals surface area contributed by atoms with Gasteiger partial charge in [0, 0.05) is 39.0 Å². The predicted molar refractivity (Wildman–Crippen MR) is 111 cm³/mol. The smallest absolute Gasteiger partial charge is 0.191 e. The van der Waals surface area contributed by atoms with Gasteiger partial charge < -0.3 is 15.4 Å². The zero-order chi connectivity index (χ0) is 19.2. The Morgan fingerprint density at radius 2 is 2.00 bits per heavy atom. The molecule has 0 atom stereocenters. The third kappa shape index (κ3) is 4.34. The number of aliphatic imine (C=N–C) groups is 1. The third-order valence-corrected chi connectivity index (χ3v) is 4.85. The highest BCUT2D eigenvalue weighted by Gasteiger charge is 2.11. The minimum atomic E-state index is 0.718. The SMILES string of the molecule is CN=C(NCCc1ccc2c(c1)CCO2)NCc1ccc(-n2cccn2)cc1. The Morgan fingerprint density at radius 3 is 2.79 bits per heavy atom. The van der Waals surface area contributed by atoms with E-state index in [1.165, 1.54) is 16.7 Å². The molecular weight excluding hydrogens is 350 g/mol. The summed E-state index contributed by atoms with van der Waals surface area (Å²) in [5.41, 5.74) is 4.88. The summed E-state index contributed by atoms with van der Waals surface area (Å²) in [6.45, 7) is 2.35. The Bertz CT molecular complexity index is 932. The van der Waals surface area contributed by atoms with Crippen molar-refractivity contribution >= 4 is 5.96 Å². The summed E-state index contributed by atoms with van der Waals surface area (Å²) >= 11 is 0. The Balaban J connectivity index is 1.24. The summed E-state index contributed by atoms with van der Waals surface area (Å²) in [4.78, 5) is 4.31. The maximum absolute atomic E-state index is 5.57. The number of benzene rings is 2. The van der Waals surface area contributed by atoms with Gasteiger partial charge in [0.25, 0.3) is 0 Å². The molecule has 1 aliphatic rings. The first kappa shape index (κ1) is 18.1. The van der Waals surface area contributed by atoms with Crippen molar-refractivity contribution in [1.29, 1.82) is 0 Å². The van der Waals surface area contributed by atoms with Gasteiger partial charge in [-0.2, -0.15) is 5.10 Å². The largest absolute Gasteiger partial charge is 0.493 e. The monoisotopic (exact) mass is 375 g/mol. The van der Waals surface area contributed by atoms with Gasteiger partial charge in [0.2, 0.25) is 0 Å². The van der Waals surface area contributed by atoms with Crippen LogP contribution in [-0.4, -0.2) is 35.9 Å². The number of nitrogens with zero attached hydrogens (tertiary/aromatic N) is 3. The molecule has 1 aromatic heterocycles. The first-order chi connectivity index (χ1) is 13.8. The molecule has 28 heavy (non-hydrogen) atoms. The maximum atomic E-state index is 5.57. The molecule has 0 amide bonds. The lowest BCUT2D eigenvalue weighted by molar-refractivity contribution is 0.357. The first-order valence-corrected chi connectivity index (χ1v) is 9.60. The fraction of sp³-hybridized carbons (Fsp3) is 0.273. The summed E-state index contributed by atoms with van der Waals surface area (Å²) in [6, 6.07) is 16.7. The van der Waals surface area contributed by atoms with Gasteiger partial charge in [-0.15, -0.1) is 0 Å². The van der Waals surface area contributed by atoms with Gasteiger partial charge in [0.1, 0.15) is 5.75 Å². The fourth-order valence-corrected chi connectivity index (χ4v) is 3.32. The lowest BCUT2D eigenvalue weighted by atomic mass is 10.1. The van der Waals surface area contributed by atoms with Crippen LogP contribution in [0.1, 0.15) is 16.7 Å². The van der Waals surface area contributed by atoms with Gasteiger partial charge in [-0.05, 0) is 47.4 Å². The summed E-state index contributed by atoms with van der Waals surface area (Å²) in [5.74, 6) is 1.84. The van der Waals surface area contributed by atoms with Crippen LogP contribution in [0.2, 0.25) is 0 Å². The number of hydrogen-bond donors (Lipinski definition) is 2. The Hall–Kier alpha value is -3.28. The van der Waals surface area contributed by atoms with E-state index in [0.29, 0.717) is 0 Å². The van der Waals surface area contributed by atoms with E-state index in [1.807, 2.05) is 16.9 Å². The van der Waals surface area contributed by atoms with Gasteiger partial charge in [0.15, 0.2) is 5.96 Å². The molecule has 0 unspecified atom stereocenters. The summed E-state index contributed by atoms with van der Waals surface area (Å²) < 4.78 is 7.42. The molecular formula is C22H25N5O. The average molecular weight is 375 g/mol. The zero-order valence-corrected chi connectivity index (χ0v) is 16.1. The number of nitrogens with one attached hydrogen (secondary N) is 2. The molecule has 2 N–H and O–H groups in total. The van der Waals surface area contributed by atoms with Crippen molar-refractivity contribution in [3.63, 3.8) is 0 Å². The first-order valence-electron chi connectivity index (χ1n) is 9.60. The van der Waals surface area contributed by atoms with Crippen LogP contribution < -0.4 is 15.4 Å². The van der Waals surface area contributed by atoms with Crippen molar-refractivity contribution in [2.24, 2.45) is 4.99 Å². The minimum Gasteiger partial charge on any atom is -0.493 e. The van der Waals surface area contributed by atoms with E-state index < -0.39 is 0 Å². The molecule has 144 valence electrons. The topological polar surface area (TPSA) is 63.5 Å². The van der Waals surface area contributed by atoms with Crippen molar-refractivity contribution in [2.75, 3.05) is 20.2 Å². The van der Waals surface area contributed by atoms with E-state index >= 15 is 0 Å². The maximum Gasteiger partial charge on any atom is 0.191 e. The lowest BCUT2D eigenvalue weighted by Crippen LogP contribution is -2.37. The molecule has 2 aromatic carbocycles. The normalized spacial score (nSPS) is 13.1. The van der Waals surface area contributed by atoms with Crippen LogP contribution in [0.4, 0.5) is 0 Å². The molecule has 0 spiro atoms. The standard InChI is InChI=1S/C22H25N5O/c1-23-22(24-12-9-17-5-8-21-19(15-17)10-14-28-21)25-16-18-3-6-20(7-4-18)27-13-2-11-26-27/h2-8,11,13,15H,9-10,12,14,16H2,1H3,(H2,23,24,25). The molecule has 6 nitrogen and oxygen atoms in total. The average Bonchev–Trinajstić information content (AvgIpc) is 3.42. The van der Waals surface area contributed by atoms with Crippen LogP contribution in [0.25, 0.3) is 5.69 Å². The predicted octanol–water partition coefficient (Wildman–Crippen LogP) is 2.71. The Kier molecular flexibility index (Phi) is 5.56. The van der Waals surface area contributed by atoms with Gasteiger partial charge in [-0.3, -0.25) is 4.99 Å². The molecule has 0 aliphatic carbocycles. The van der Waals surface area contributed by atoms with Gasteiger partial charge in [-0.25, -0.2) is 4.68 Å². The van der Waals surface area contributed by atoms with Crippen LogP contribution >= 0.6 is 0 Å². The number of aromatic nitrogens is 2. The Labute approximate surface area is 165 Å². The highest BCUT2D eigenvalue weighted by atomic mass is 16.5. The van der Waals surface area contributed by atoms with Crippen LogP contribution in [0.3, 0.4) is 0 Å². The summed E-state index contributed by atoms with van der Waals surface area (Å²) in [5, 5.41) is 11.0. The van der Waals surface area contributed by atoms with E-state index in [0.717, 1.165) is 49.9 Å². The fourth-order valence-electron chi connectivity index (χ4n) is 3.32. The van der Waals surface area contributed by atoms with Crippen molar-refractivity contribution in [2.45, 2.75) is 19.4 Å². The summed E-state index contributed by atoms with van der Waals surface area (Å²) in [6.07, 6.45) is 5.68. The number of fused-ring (bicyclic) bond motifs is 1. The molecule has 4 rings (SSSR count). The molecule has 0 bridgehead atoms. The second-order valence-electron chi connectivity index (χ2n) is 6.76. The highest BCUT2D eigenvalue weighted by Crippen LogP contribution is 2.25. The van der Waals surface area contributed by atoms with Crippen molar-refractivity contribution in [1.82, 2.24) is 20.4 Å². The van der Waals surface area contributed by atoms with Crippen LogP contribution in [-0.2, 0) is 19.4 Å². The van der Waals surface area contributed by atoms with Crippen molar-refractivity contribution in [3.05, 3.63) is 77.6 Å². The molecule has 0 saturated carbocycles. The molecule has 1 aliphatic heterocycles. The van der Waals surface area contributed by atoms with Gasteiger partial charge in [0.05, 0.1) is 12.3 Å². The second-order valence-corrected chi connectivity index (χ2v) is 6.76. The van der Waals surface area contributed by atoms with Gasteiger partial charge in [-0.1, -0.05) is 24.3 Å². The molecule has 6 heteroatoms. The second kappa shape index (κ2) is 8.61. The van der Waals surface area contributed by atoms with E-state index in [-0.39, 0.29) is 0 Å². The third-order valence-electron chi connectivity index (χ3n) is 4.85. The molecule has 0 fully saturated rings. The number of ether oxygens (including phenoxy) is 1. The van der Waals surface area contributed by atoms with Crippen LogP contribution in [0, 0.1) is 0 Å². The highest BCUT2D eigenvalue weighted by molar-refractivity contribution is 5.79. The Morgan fingerprint density at radius 1 is 1.14 bits per heavy atom. The molecule has 3 aromatic rings. The number of hydrogen-bond acceptors (Lipinski definition) is 3. The van der Waals surface area contributed by atoms with E-state index in [4.69, 9.17) is 4.74 Å². The van der Waals surface area contributed by atoms with Crippen molar-refractivity contribution < 1.29 is 4.74 Å². The minimum absolute atomic E-state index is 0.718. The van der Waals surface area contributed by atoms with Crippen LogP contribution in [0.5, 0.6) is 5.75 Å². The van der Waals surface area contributed by atoms with Crippen molar-refractivity contribution in [3.8, 4) is 11.4 Å². The van der Waals surface area contributed by atoms with E-state index in [9.17, 15) is 0 Å². The summed E-state index contributed by atoms with van der Waals surface area (Å²) in [7, 11) is 1.79. The molecule has 0 saturated heterocycles. The quantitative estimate of drug-likeness (QED) is 0.514. The molecule has 2 heterocycles. The van der Waals surface area contributed by atoms with E-state index in [1.54, 1.807) is 13.2 Å². The van der Waals surface area contributed by atoms with Gasteiger partial charge >= 0.3 is 0 Å². The van der Waals surface area contributed by atoms with Crippen LogP contribution in [0.15, 0.2) is 65.9 Å².